The van der Waals surface area contributed by atoms with E-state index in [1.807, 2.05) is 24.3 Å². The summed E-state index contributed by atoms with van der Waals surface area (Å²) in [5, 5.41) is 14.1. The van der Waals surface area contributed by atoms with Crippen molar-refractivity contribution < 1.29 is 5.11 Å². The smallest absolute Gasteiger partial charge is 0.278 e. The first-order valence-electron chi connectivity index (χ1n) is 14.0. The lowest BCUT2D eigenvalue weighted by Gasteiger charge is -2.34. The van der Waals surface area contributed by atoms with Gasteiger partial charge in [0.25, 0.3) is 5.56 Å². The normalized spacial score (nSPS) is 17.5. The van der Waals surface area contributed by atoms with Gasteiger partial charge in [0.2, 0.25) is 5.95 Å². The van der Waals surface area contributed by atoms with Crippen molar-refractivity contribution in [2.75, 3.05) is 43.9 Å². The number of aromatic nitrogens is 5. The Labute approximate surface area is 233 Å². The third-order valence-electron chi connectivity index (χ3n) is 7.92. The predicted octanol–water partition coefficient (Wildman–Crippen LogP) is 3.66. The fourth-order valence-electron chi connectivity index (χ4n) is 5.92. The second-order valence-corrected chi connectivity index (χ2v) is 11.1. The summed E-state index contributed by atoms with van der Waals surface area (Å²) >= 11 is 0. The maximum atomic E-state index is 13.3. The largest absolute Gasteiger partial charge is 0.387 e. The summed E-state index contributed by atoms with van der Waals surface area (Å²) < 4.78 is 3.24. The Bertz CT molecular complexity index is 1580. The molecule has 1 aliphatic heterocycles. The average Bonchev–Trinajstić information content (AvgIpc) is 3.45. The minimum absolute atomic E-state index is 0.219. The van der Waals surface area contributed by atoms with Crippen LogP contribution in [0.25, 0.3) is 16.9 Å². The number of nitrogens with zero attached hydrogens (tertiary/aromatic N) is 7. The van der Waals surface area contributed by atoms with Gasteiger partial charge in [-0.05, 0) is 81.6 Å². The third-order valence-corrected chi connectivity index (χ3v) is 7.92. The van der Waals surface area contributed by atoms with Gasteiger partial charge in [0.15, 0.2) is 11.5 Å². The molecule has 0 radical (unpaired) electrons. The van der Waals surface area contributed by atoms with Gasteiger partial charge in [-0.3, -0.25) is 4.79 Å². The van der Waals surface area contributed by atoms with Crippen LogP contribution in [0.1, 0.15) is 36.6 Å². The zero-order valence-corrected chi connectivity index (χ0v) is 23.1. The Kier molecular flexibility index (Phi) is 7.12. The van der Waals surface area contributed by atoms with E-state index in [4.69, 9.17) is 9.97 Å². The minimum Gasteiger partial charge on any atom is -0.387 e. The SMILES string of the molecule is C=CCn1c(=O)c2cnc(Nc3ccc(N4CCC(CN(C)C)CC4)cc3)nc2n1-c1ccc2c(n1)C(O)CC2. The molecule has 0 bridgehead atoms. The van der Waals surface area contributed by atoms with Crippen molar-refractivity contribution in [3.8, 4) is 5.82 Å². The molecule has 1 fully saturated rings. The van der Waals surface area contributed by atoms with Crippen molar-refractivity contribution in [3.63, 3.8) is 0 Å². The van der Waals surface area contributed by atoms with E-state index in [0.29, 0.717) is 34.9 Å². The monoisotopic (exact) mass is 540 g/mol. The van der Waals surface area contributed by atoms with E-state index in [1.54, 1.807) is 21.6 Å². The van der Waals surface area contributed by atoms with Crippen LogP contribution in [-0.4, -0.2) is 68.1 Å². The first-order valence-corrected chi connectivity index (χ1v) is 14.0. The maximum absolute atomic E-state index is 13.3. The highest BCUT2D eigenvalue weighted by Crippen LogP contribution is 2.31. The van der Waals surface area contributed by atoms with Crippen LogP contribution in [0.4, 0.5) is 17.3 Å². The molecule has 2 aliphatic rings. The number of allylic oxidation sites excluding steroid dienone is 1. The Balaban J connectivity index is 1.26. The van der Waals surface area contributed by atoms with Crippen molar-refractivity contribution in [2.45, 2.75) is 38.3 Å². The average molecular weight is 541 g/mol. The molecule has 0 saturated carbocycles. The van der Waals surface area contributed by atoms with Gasteiger partial charge in [0.1, 0.15) is 5.39 Å². The summed E-state index contributed by atoms with van der Waals surface area (Å²) in [5.74, 6) is 1.67. The quantitative estimate of drug-likeness (QED) is 0.327. The van der Waals surface area contributed by atoms with Gasteiger partial charge in [-0.2, -0.15) is 4.98 Å². The van der Waals surface area contributed by atoms with Gasteiger partial charge in [0, 0.05) is 37.2 Å². The number of hydrogen-bond acceptors (Lipinski definition) is 8. The van der Waals surface area contributed by atoms with Crippen LogP contribution in [0.3, 0.4) is 0 Å². The summed E-state index contributed by atoms with van der Waals surface area (Å²) in [5.41, 5.74) is 3.99. The number of aryl methyl sites for hydroxylation is 1. The van der Waals surface area contributed by atoms with Gasteiger partial charge in [-0.1, -0.05) is 12.1 Å². The number of aliphatic hydroxyl groups is 1. The molecule has 1 atom stereocenters. The number of aliphatic hydroxyl groups excluding tert-OH is 1. The molecule has 0 amide bonds. The second kappa shape index (κ2) is 10.9. The molecule has 3 aromatic heterocycles. The Morgan fingerprint density at radius 2 is 1.88 bits per heavy atom. The number of benzene rings is 1. The van der Waals surface area contributed by atoms with Gasteiger partial charge in [-0.25, -0.2) is 19.3 Å². The van der Waals surface area contributed by atoms with Crippen molar-refractivity contribution in [3.05, 3.63) is 76.9 Å². The molecule has 40 heavy (non-hydrogen) atoms. The summed E-state index contributed by atoms with van der Waals surface area (Å²) in [7, 11) is 4.29. The molecule has 2 N–H and O–H groups in total. The van der Waals surface area contributed by atoms with Gasteiger partial charge in [0.05, 0.1) is 18.3 Å². The zero-order valence-electron chi connectivity index (χ0n) is 23.1. The van der Waals surface area contributed by atoms with Crippen LogP contribution in [-0.2, 0) is 13.0 Å². The minimum atomic E-state index is -0.601. The molecular formula is C30H36N8O2. The number of pyridine rings is 1. The summed E-state index contributed by atoms with van der Waals surface area (Å²) in [4.78, 5) is 31.9. The Morgan fingerprint density at radius 3 is 2.60 bits per heavy atom. The van der Waals surface area contributed by atoms with E-state index in [-0.39, 0.29) is 12.1 Å². The number of anilines is 3. The van der Waals surface area contributed by atoms with Gasteiger partial charge < -0.3 is 20.2 Å². The van der Waals surface area contributed by atoms with Crippen molar-refractivity contribution >= 4 is 28.4 Å². The molecule has 1 aliphatic carbocycles. The number of hydrogen-bond donors (Lipinski definition) is 2. The van der Waals surface area contributed by atoms with Crippen LogP contribution < -0.4 is 15.8 Å². The zero-order chi connectivity index (χ0) is 27.8. The Hall–Kier alpha value is -4.02. The predicted molar refractivity (Wildman–Crippen MR) is 158 cm³/mol. The standard InChI is InChI=1S/C30H36N8O2/c1-4-15-37-29(40)24-18-31-30(34-28(24)38(37)26-12-6-21-5-11-25(39)27(21)33-26)32-22-7-9-23(10-8-22)36-16-13-20(14-17-36)19-35(2)3/h4,6-10,12,18,20,25,39H,1,5,11,13-17,19H2,2-3H3,(H,31,32,34). The van der Waals surface area contributed by atoms with Gasteiger partial charge >= 0.3 is 0 Å². The van der Waals surface area contributed by atoms with Crippen molar-refractivity contribution in [1.82, 2.24) is 29.2 Å². The number of piperidine rings is 1. The van der Waals surface area contributed by atoms with Crippen LogP contribution >= 0.6 is 0 Å². The molecule has 1 aromatic carbocycles. The molecule has 10 heteroatoms. The highest BCUT2D eigenvalue weighted by atomic mass is 16.3. The van der Waals surface area contributed by atoms with Gasteiger partial charge in [-0.15, -0.1) is 6.58 Å². The molecule has 1 unspecified atom stereocenters. The molecule has 0 spiro atoms. The van der Waals surface area contributed by atoms with E-state index < -0.39 is 6.10 Å². The van der Waals surface area contributed by atoms with E-state index in [2.05, 4.69) is 52.9 Å². The van der Waals surface area contributed by atoms with Crippen LogP contribution in [0.15, 0.2) is 60.0 Å². The summed E-state index contributed by atoms with van der Waals surface area (Å²) in [6.07, 6.45) is 6.47. The maximum Gasteiger partial charge on any atom is 0.278 e. The van der Waals surface area contributed by atoms with Crippen molar-refractivity contribution in [1.29, 1.82) is 0 Å². The number of rotatable bonds is 8. The Morgan fingerprint density at radius 1 is 1.10 bits per heavy atom. The summed E-state index contributed by atoms with van der Waals surface area (Å²) in [6.45, 7) is 7.38. The van der Waals surface area contributed by atoms with E-state index in [1.165, 1.54) is 18.5 Å². The first kappa shape index (κ1) is 26.2. The molecular weight excluding hydrogens is 504 g/mol. The van der Waals surface area contributed by atoms with E-state index >= 15 is 0 Å². The highest BCUT2D eigenvalue weighted by Gasteiger charge is 2.25. The third kappa shape index (κ3) is 5.00. The fourth-order valence-corrected chi connectivity index (χ4v) is 5.92. The molecule has 10 nitrogen and oxygen atoms in total. The summed E-state index contributed by atoms with van der Waals surface area (Å²) in [6, 6.07) is 12.2. The molecule has 1 saturated heterocycles. The molecule has 4 aromatic rings. The molecule has 6 rings (SSSR count). The van der Waals surface area contributed by atoms with Crippen LogP contribution in [0, 0.1) is 5.92 Å². The number of nitrogens with one attached hydrogen (secondary N) is 1. The van der Waals surface area contributed by atoms with Crippen LogP contribution in [0.5, 0.6) is 0 Å². The lowest BCUT2D eigenvalue weighted by atomic mass is 9.96. The van der Waals surface area contributed by atoms with Crippen LogP contribution in [0.2, 0.25) is 0 Å². The highest BCUT2D eigenvalue weighted by molar-refractivity contribution is 5.77. The van der Waals surface area contributed by atoms with Crippen molar-refractivity contribution in [2.24, 2.45) is 5.92 Å². The lowest BCUT2D eigenvalue weighted by molar-refractivity contribution is 0.175. The number of fused-ring (bicyclic) bond motifs is 2. The molecule has 208 valence electrons. The van der Waals surface area contributed by atoms with E-state index in [0.717, 1.165) is 43.2 Å². The second-order valence-electron chi connectivity index (χ2n) is 11.1. The lowest BCUT2D eigenvalue weighted by Crippen LogP contribution is -2.37. The molecule has 4 heterocycles. The first-order chi connectivity index (χ1) is 19.4. The topological polar surface area (TPSA) is 104 Å². The fraction of sp³-hybridized carbons (Fsp3) is 0.400. The van der Waals surface area contributed by atoms with E-state index in [9.17, 15) is 9.90 Å².